The molecular formula is C13H6F3N2S. The van der Waals surface area contributed by atoms with E-state index in [4.69, 9.17) is 0 Å². The quantitative estimate of drug-likeness (QED) is 0.668. The average Bonchev–Trinajstić information content (AvgIpc) is 2.81. The molecule has 0 saturated heterocycles. The molecule has 0 amide bonds. The Balaban J connectivity index is 2.02. The number of halogens is 3. The van der Waals surface area contributed by atoms with Crippen molar-refractivity contribution in [2.24, 2.45) is 0 Å². The van der Waals surface area contributed by atoms with Crippen molar-refractivity contribution >= 4 is 21.6 Å². The van der Waals surface area contributed by atoms with Crippen LogP contribution < -0.4 is 0 Å². The lowest BCUT2D eigenvalue weighted by Crippen LogP contribution is -2.07. The van der Waals surface area contributed by atoms with Crippen molar-refractivity contribution in [3.05, 3.63) is 48.3 Å². The van der Waals surface area contributed by atoms with Crippen LogP contribution in [0.3, 0.4) is 0 Å². The maximum atomic E-state index is 12.4. The Morgan fingerprint density at radius 2 is 1.95 bits per heavy atom. The van der Waals surface area contributed by atoms with Crippen molar-refractivity contribution in [3.8, 4) is 10.6 Å². The fraction of sp³-hybridized carbons (Fsp3) is 0.0769. The van der Waals surface area contributed by atoms with Crippen LogP contribution in [0.4, 0.5) is 13.2 Å². The zero-order chi connectivity index (χ0) is 13.5. The zero-order valence-corrected chi connectivity index (χ0v) is 10.2. The Morgan fingerprint density at radius 3 is 2.58 bits per heavy atom. The molecule has 3 aromatic rings. The van der Waals surface area contributed by atoms with Gasteiger partial charge < -0.3 is 0 Å². The zero-order valence-electron chi connectivity index (χ0n) is 9.40. The molecule has 0 bridgehead atoms. The smallest absolute Gasteiger partial charge is 0.251 e. The maximum absolute atomic E-state index is 12.4. The molecule has 0 aliphatic rings. The second-order valence-electron chi connectivity index (χ2n) is 3.83. The van der Waals surface area contributed by atoms with Gasteiger partial charge in [-0.1, -0.05) is 12.1 Å². The molecule has 1 radical (unpaired) electrons. The van der Waals surface area contributed by atoms with Crippen LogP contribution in [-0.2, 0) is 6.18 Å². The van der Waals surface area contributed by atoms with Crippen molar-refractivity contribution in [2.45, 2.75) is 6.18 Å². The Labute approximate surface area is 110 Å². The molecule has 0 saturated carbocycles. The van der Waals surface area contributed by atoms with Crippen molar-refractivity contribution in [1.29, 1.82) is 0 Å². The van der Waals surface area contributed by atoms with Gasteiger partial charge in [0, 0.05) is 11.8 Å². The van der Waals surface area contributed by atoms with E-state index < -0.39 is 11.9 Å². The van der Waals surface area contributed by atoms with Gasteiger partial charge in [0.15, 0.2) is 0 Å². The minimum Gasteiger partial charge on any atom is -0.251 e. The van der Waals surface area contributed by atoms with Gasteiger partial charge in [-0.2, -0.15) is 13.2 Å². The van der Waals surface area contributed by atoms with Crippen LogP contribution in [0.25, 0.3) is 20.8 Å². The van der Waals surface area contributed by atoms with Crippen LogP contribution >= 0.6 is 11.3 Å². The van der Waals surface area contributed by atoms with E-state index in [-0.39, 0.29) is 0 Å². The Hall–Kier alpha value is -1.95. The van der Waals surface area contributed by atoms with Crippen LogP contribution in [0.5, 0.6) is 0 Å². The maximum Gasteiger partial charge on any atom is 0.433 e. The van der Waals surface area contributed by atoms with Crippen molar-refractivity contribution in [3.63, 3.8) is 0 Å². The SMILES string of the molecule is FC(F)(F)c1c[c]c(-c2nc3ccccc3s2)cn1. The van der Waals surface area contributed by atoms with Gasteiger partial charge in [0.25, 0.3) is 0 Å². The van der Waals surface area contributed by atoms with Gasteiger partial charge in [-0.15, -0.1) is 11.3 Å². The Kier molecular flexibility index (Phi) is 2.74. The molecule has 0 aliphatic carbocycles. The molecule has 95 valence electrons. The number of alkyl halides is 3. The van der Waals surface area contributed by atoms with Gasteiger partial charge in [-0.3, -0.25) is 4.98 Å². The molecule has 2 nitrogen and oxygen atoms in total. The summed E-state index contributed by atoms with van der Waals surface area (Å²) in [5, 5.41) is 0.613. The number of pyridine rings is 1. The minimum absolute atomic E-state index is 0.467. The summed E-state index contributed by atoms with van der Waals surface area (Å²) in [6.07, 6.45) is -3.29. The number of fused-ring (bicyclic) bond motifs is 1. The van der Waals surface area contributed by atoms with E-state index in [1.54, 1.807) is 0 Å². The normalized spacial score (nSPS) is 11.9. The third kappa shape index (κ3) is 2.31. The van der Waals surface area contributed by atoms with Crippen molar-refractivity contribution < 1.29 is 13.2 Å². The fourth-order valence-corrected chi connectivity index (χ4v) is 2.55. The van der Waals surface area contributed by atoms with Gasteiger partial charge in [0.05, 0.1) is 10.2 Å². The summed E-state index contributed by atoms with van der Waals surface area (Å²) >= 11 is 1.40. The summed E-state index contributed by atoms with van der Waals surface area (Å²) in [7, 11) is 0. The van der Waals surface area contributed by atoms with Crippen molar-refractivity contribution in [2.75, 3.05) is 0 Å². The van der Waals surface area contributed by atoms with Crippen LogP contribution in [0.15, 0.2) is 36.5 Å². The number of benzene rings is 1. The van der Waals surface area contributed by atoms with Gasteiger partial charge in [-0.05, 0) is 24.3 Å². The highest BCUT2D eigenvalue weighted by Gasteiger charge is 2.32. The molecule has 0 aliphatic heterocycles. The van der Waals surface area contributed by atoms with E-state index in [2.05, 4.69) is 16.0 Å². The molecule has 0 spiro atoms. The molecule has 2 aromatic heterocycles. The summed E-state index contributed by atoms with van der Waals surface area (Å²) in [5.41, 5.74) is 0.336. The van der Waals surface area contributed by atoms with E-state index in [9.17, 15) is 13.2 Å². The van der Waals surface area contributed by atoms with E-state index >= 15 is 0 Å². The third-order valence-corrected chi connectivity index (χ3v) is 3.58. The molecule has 1 aromatic carbocycles. The van der Waals surface area contributed by atoms with E-state index in [0.29, 0.717) is 10.6 Å². The predicted octanol–water partition coefficient (Wildman–Crippen LogP) is 4.18. The summed E-state index contributed by atoms with van der Waals surface area (Å²) in [4.78, 5) is 7.75. The lowest BCUT2D eigenvalue weighted by molar-refractivity contribution is -0.141. The number of thiazole rings is 1. The summed E-state index contributed by atoms with van der Waals surface area (Å²) in [6.45, 7) is 0. The molecule has 0 fully saturated rings. The predicted molar refractivity (Wildman–Crippen MR) is 66.7 cm³/mol. The number of nitrogens with zero attached hydrogens (tertiary/aromatic N) is 2. The number of hydrogen-bond donors (Lipinski definition) is 0. The van der Waals surface area contributed by atoms with Crippen molar-refractivity contribution in [1.82, 2.24) is 9.97 Å². The third-order valence-electron chi connectivity index (χ3n) is 2.51. The largest absolute Gasteiger partial charge is 0.433 e. The van der Waals surface area contributed by atoms with Crippen LogP contribution in [-0.4, -0.2) is 9.97 Å². The molecule has 0 unspecified atom stereocenters. The Morgan fingerprint density at radius 1 is 1.16 bits per heavy atom. The van der Waals surface area contributed by atoms with Gasteiger partial charge in [0.2, 0.25) is 0 Å². The van der Waals surface area contributed by atoms with E-state index in [0.717, 1.165) is 22.5 Å². The summed E-state index contributed by atoms with van der Waals surface area (Å²) in [6, 6.07) is 10.9. The molecule has 3 rings (SSSR count). The van der Waals surface area contributed by atoms with Gasteiger partial charge in [-0.25, -0.2) is 4.98 Å². The minimum atomic E-state index is -4.44. The number of rotatable bonds is 1. The first-order valence-electron chi connectivity index (χ1n) is 5.35. The second kappa shape index (κ2) is 4.31. The van der Waals surface area contributed by atoms with Crippen LogP contribution in [0.1, 0.15) is 5.69 Å². The molecule has 6 heteroatoms. The standard InChI is InChI=1S/C13H6F3N2S/c14-13(15,16)11-6-5-8(7-17-11)12-18-9-3-1-2-4-10(9)19-12/h1-4,6-7H. The molecule has 19 heavy (non-hydrogen) atoms. The topological polar surface area (TPSA) is 25.8 Å². The fourth-order valence-electron chi connectivity index (χ4n) is 1.61. The van der Waals surface area contributed by atoms with Crippen LogP contribution in [0, 0.1) is 6.07 Å². The first-order chi connectivity index (χ1) is 9.04. The molecule has 0 atom stereocenters. The lowest BCUT2D eigenvalue weighted by atomic mass is 10.2. The highest BCUT2D eigenvalue weighted by atomic mass is 32.1. The summed E-state index contributed by atoms with van der Waals surface area (Å²) in [5.74, 6) is 0. The number of para-hydroxylation sites is 1. The van der Waals surface area contributed by atoms with Crippen LogP contribution in [0.2, 0.25) is 0 Å². The Bertz CT molecular complexity index is 684. The summed E-state index contributed by atoms with van der Waals surface area (Å²) < 4.78 is 38.2. The van der Waals surface area contributed by atoms with Gasteiger partial charge >= 0.3 is 6.18 Å². The first-order valence-corrected chi connectivity index (χ1v) is 6.16. The number of hydrogen-bond acceptors (Lipinski definition) is 3. The highest BCUT2D eigenvalue weighted by Crippen LogP contribution is 2.31. The average molecular weight is 279 g/mol. The number of aromatic nitrogens is 2. The second-order valence-corrected chi connectivity index (χ2v) is 4.86. The molecule has 0 N–H and O–H groups in total. The lowest BCUT2D eigenvalue weighted by Gasteiger charge is -2.04. The van der Waals surface area contributed by atoms with E-state index in [1.807, 2.05) is 24.3 Å². The highest BCUT2D eigenvalue weighted by molar-refractivity contribution is 7.21. The molecule has 2 heterocycles. The van der Waals surface area contributed by atoms with E-state index in [1.165, 1.54) is 11.3 Å². The first kappa shape index (κ1) is 12.1. The van der Waals surface area contributed by atoms with Gasteiger partial charge in [0.1, 0.15) is 10.7 Å². The monoisotopic (exact) mass is 279 g/mol. The molecular weight excluding hydrogens is 273 g/mol.